The first-order valence-corrected chi connectivity index (χ1v) is 7.31. The van der Waals surface area contributed by atoms with Crippen molar-refractivity contribution in [2.75, 3.05) is 0 Å². The molecule has 3 rings (SSSR count). The monoisotopic (exact) mass is 305 g/mol. The highest BCUT2D eigenvalue weighted by molar-refractivity contribution is 5.93. The Kier molecular flexibility index (Phi) is 4.20. The number of hydrogen-bond donors (Lipinski definition) is 1. The van der Waals surface area contributed by atoms with Crippen LogP contribution in [0.1, 0.15) is 22.3 Å². The Balaban J connectivity index is 2.19. The molecule has 1 aromatic heterocycles. The fraction of sp³-hybridized carbons (Fsp3) is 0.0500. The molecule has 0 spiro atoms. The minimum Gasteiger partial charge on any atom is -0.507 e. The lowest BCUT2D eigenvalue weighted by atomic mass is 9.94. The van der Waals surface area contributed by atoms with Crippen molar-refractivity contribution in [2.24, 2.45) is 0 Å². The molecule has 0 aliphatic carbocycles. The van der Waals surface area contributed by atoms with Crippen molar-refractivity contribution in [3.05, 3.63) is 95.1 Å². The summed E-state index contributed by atoms with van der Waals surface area (Å²) in [5.74, 6) is -0.0919. The molecule has 0 bridgehead atoms. The molecule has 3 aromatic rings. The van der Waals surface area contributed by atoms with Crippen LogP contribution in [0.4, 0.5) is 4.39 Å². The molecule has 0 aliphatic heterocycles. The summed E-state index contributed by atoms with van der Waals surface area (Å²) in [6.45, 7) is 1.97. The Hall–Kier alpha value is -2.94. The average Bonchev–Trinajstić information content (AvgIpc) is 2.57. The highest BCUT2D eigenvalue weighted by atomic mass is 19.1. The predicted molar refractivity (Wildman–Crippen MR) is 90.5 cm³/mol. The van der Waals surface area contributed by atoms with Gasteiger partial charge in [-0.15, -0.1) is 0 Å². The van der Waals surface area contributed by atoms with Gasteiger partial charge in [-0.25, -0.2) is 4.39 Å². The van der Waals surface area contributed by atoms with E-state index in [1.165, 1.54) is 12.1 Å². The summed E-state index contributed by atoms with van der Waals surface area (Å²) in [6.07, 6.45) is 5.39. The van der Waals surface area contributed by atoms with Crippen LogP contribution in [-0.4, -0.2) is 10.1 Å². The Morgan fingerprint density at radius 2 is 1.70 bits per heavy atom. The van der Waals surface area contributed by atoms with Crippen molar-refractivity contribution < 1.29 is 9.50 Å². The molecular formula is C20H16FNO. The Labute approximate surface area is 134 Å². The van der Waals surface area contributed by atoms with Gasteiger partial charge in [0.15, 0.2) is 0 Å². The largest absolute Gasteiger partial charge is 0.507 e. The molecule has 0 saturated carbocycles. The third-order valence-corrected chi connectivity index (χ3v) is 3.61. The van der Waals surface area contributed by atoms with Crippen LogP contribution in [0, 0.1) is 12.7 Å². The Morgan fingerprint density at radius 3 is 2.39 bits per heavy atom. The number of aromatic nitrogens is 1. The molecule has 0 fully saturated rings. The summed E-state index contributed by atoms with van der Waals surface area (Å²) in [4.78, 5) is 4.01. The number of phenolic OH excluding ortho intramolecular Hbond substituents is 1. The zero-order chi connectivity index (χ0) is 16.2. The van der Waals surface area contributed by atoms with E-state index in [1.807, 2.05) is 37.3 Å². The molecule has 0 radical (unpaired) electrons. The van der Waals surface area contributed by atoms with Gasteiger partial charge in [0.05, 0.1) is 0 Å². The van der Waals surface area contributed by atoms with Crippen molar-refractivity contribution in [1.82, 2.24) is 4.98 Å². The van der Waals surface area contributed by atoms with Crippen LogP contribution in [0.15, 0.2) is 67.0 Å². The summed E-state index contributed by atoms with van der Waals surface area (Å²) in [5.41, 5.74) is 4.38. The van der Waals surface area contributed by atoms with E-state index in [1.54, 1.807) is 30.6 Å². The van der Waals surface area contributed by atoms with E-state index in [0.29, 0.717) is 5.56 Å². The third kappa shape index (κ3) is 3.46. The van der Waals surface area contributed by atoms with Crippen LogP contribution in [0.5, 0.6) is 5.75 Å². The summed E-state index contributed by atoms with van der Waals surface area (Å²) in [6, 6.07) is 15.5. The van der Waals surface area contributed by atoms with Crippen molar-refractivity contribution in [3.8, 4) is 5.75 Å². The smallest absolute Gasteiger partial charge is 0.123 e. The van der Waals surface area contributed by atoms with Crippen LogP contribution in [0.2, 0.25) is 0 Å². The zero-order valence-corrected chi connectivity index (χ0v) is 12.7. The lowest BCUT2D eigenvalue weighted by molar-refractivity contribution is 0.473. The van der Waals surface area contributed by atoms with Gasteiger partial charge in [0.2, 0.25) is 0 Å². The molecule has 0 atom stereocenters. The van der Waals surface area contributed by atoms with Crippen LogP contribution in [-0.2, 0) is 0 Å². The third-order valence-electron chi connectivity index (χ3n) is 3.61. The fourth-order valence-electron chi connectivity index (χ4n) is 2.44. The van der Waals surface area contributed by atoms with Crippen molar-refractivity contribution in [1.29, 1.82) is 0 Å². The lowest BCUT2D eigenvalue weighted by Gasteiger charge is -2.12. The molecule has 23 heavy (non-hydrogen) atoms. The molecule has 0 saturated heterocycles. The Morgan fingerprint density at radius 1 is 1.00 bits per heavy atom. The standard InChI is InChI=1S/C20H16FNO/c1-14-2-7-20(23)19(12-14)18(13-15-8-10-22-11-9-15)16-3-5-17(21)6-4-16/h2-13,23H,1H3. The van der Waals surface area contributed by atoms with Gasteiger partial charge in [-0.1, -0.05) is 23.8 Å². The van der Waals surface area contributed by atoms with E-state index in [9.17, 15) is 9.50 Å². The van der Waals surface area contributed by atoms with Crippen molar-refractivity contribution in [3.63, 3.8) is 0 Å². The summed E-state index contributed by atoms with van der Waals surface area (Å²) in [5, 5.41) is 10.3. The predicted octanol–water partition coefficient (Wildman–Crippen LogP) is 4.82. The van der Waals surface area contributed by atoms with Crippen molar-refractivity contribution >= 4 is 11.6 Å². The highest BCUT2D eigenvalue weighted by Gasteiger charge is 2.11. The normalized spacial score (nSPS) is 11.5. The number of rotatable bonds is 3. The first-order valence-electron chi connectivity index (χ1n) is 7.31. The van der Waals surface area contributed by atoms with E-state index >= 15 is 0 Å². The number of nitrogens with zero attached hydrogens (tertiary/aromatic N) is 1. The number of hydrogen-bond acceptors (Lipinski definition) is 2. The second-order valence-electron chi connectivity index (χ2n) is 5.37. The number of aryl methyl sites for hydroxylation is 1. The average molecular weight is 305 g/mol. The number of aromatic hydroxyl groups is 1. The highest BCUT2D eigenvalue weighted by Crippen LogP contribution is 2.32. The maximum Gasteiger partial charge on any atom is 0.123 e. The molecule has 0 aliphatic rings. The summed E-state index contributed by atoms with van der Waals surface area (Å²) >= 11 is 0. The zero-order valence-electron chi connectivity index (χ0n) is 12.7. The fourth-order valence-corrected chi connectivity index (χ4v) is 2.44. The minimum absolute atomic E-state index is 0.195. The SMILES string of the molecule is Cc1ccc(O)c(C(=Cc2ccncc2)c2ccc(F)cc2)c1. The summed E-state index contributed by atoms with van der Waals surface area (Å²) < 4.78 is 13.2. The molecule has 114 valence electrons. The van der Waals surface area contributed by atoms with E-state index in [0.717, 1.165) is 22.3 Å². The van der Waals surface area contributed by atoms with E-state index < -0.39 is 0 Å². The Bertz CT molecular complexity index is 839. The number of halogens is 1. The van der Waals surface area contributed by atoms with Crippen LogP contribution in [0.25, 0.3) is 11.6 Å². The first kappa shape index (κ1) is 15.0. The molecule has 2 nitrogen and oxygen atoms in total. The van der Waals surface area contributed by atoms with E-state index in [4.69, 9.17) is 0 Å². The molecule has 0 unspecified atom stereocenters. The van der Waals surface area contributed by atoms with Gasteiger partial charge in [-0.05, 0) is 66.1 Å². The second-order valence-corrected chi connectivity index (χ2v) is 5.37. The maximum atomic E-state index is 13.2. The lowest BCUT2D eigenvalue weighted by Crippen LogP contribution is -1.91. The van der Waals surface area contributed by atoms with Gasteiger partial charge in [0, 0.05) is 18.0 Å². The maximum absolute atomic E-state index is 13.2. The summed E-state index contributed by atoms with van der Waals surface area (Å²) in [7, 11) is 0. The van der Waals surface area contributed by atoms with Gasteiger partial charge in [0.1, 0.15) is 11.6 Å². The van der Waals surface area contributed by atoms with Crippen molar-refractivity contribution in [2.45, 2.75) is 6.92 Å². The number of benzene rings is 2. The van der Waals surface area contributed by atoms with E-state index in [2.05, 4.69) is 4.98 Å². The van der Waals surface area contributed by atoms with Crippen LogP contribution >= 0.6 is 0 Å². The number of phenols is 1. The first-order chi connectivity index (χ1) is 11.1. The van der Waals surface area contributed by atoms with E-state index in [-0.39, 0.29) is 11.6 Å². The molecule has 3 heteroatoms. The second kappa shape index (κ2) is 6.44. The van der Waals surface area contributed by atoms with Gasteiger partial charge in [-0.3, -0.25) is 4.98 Å². The van der Waals surface area contributed by atoms with Gasteiger partial charge >= 0.3 is 0 Å². The van der Waals surface area contributed by atoms with Crippen LogP contribution < -0.4 is 0 Å². The molecule has 0 amide bonds. The molecule has 1 heterocycles. The quantitative estimate of drug-likeness (QED) is 0.752. The van der Waals surface area contributed by atoms with Gasteiger partial charge < -0.3 is 5.11 Å². The topological polar surface area (TPSA) is 33.1 Å². The molecular weight excluding hydrogens is 289 g/mol. The minimum atomic E-state index is -0.287. The van der Waals surface area contributed by atoms with Crippen LogP contribution in [0.3, 0.4) is 0 Å². The molecule has 2 aromatic carbocycles. The number of pyridine rings is 1. The molecule has 1 N–H and O–H groups in total. The van der Waals surface area contributed by atoms with Gasteiger partial charge in [-0.2, -0.15) is 0 Å². The van der Waals surface area contributed by atoms with Gasteiger partial charge in [0.25, 0.3) is 0 Å².